The minimum absolute atomic E-state index is 0.971. The van der Waals surface area contributed by atoms with Gasteiger partial charge in [-0.3, -0.25) is 5.10 Å². The highest BCUT2D eigenvalue weighted by Gasteiger charge is 2.08. The number of fused-ring (bicyclic) bond motifs is 3. The molecule has 4 nitrogen and oxygen atoms in total. The van der Waals surface area contributed by atoms with E-state index in [0.29, 0.717) is 0 Å². The molecule has 3 aromatic rings. The predicted molar refractivity (Wildman–Crippen MR) is 52.7 cm³/mol. The van der Waals surface area contributed by atoms with E-state index in [2.05, 4.69) is 20.2 Å². The van der Waals surface area contributed by atoms with Crippen molar-refractivity contribution in [3.63, 3.8) is 0 Å². The summed E-state index contributed by atoms with van der Waals surface area (Å²) in [5, 5.41) is 8.01. The molecule has 2 aromatic heterocycles. The molecule has 1 aromatic carbocycles. The zero-order valence-corrected chi connectivity index (χ0v) is 7.70. The van der Waals surface area contributed by atoms with Crippen LogP contribution in [0.25, 0.3) is 21.9 Å². The first-order valence-corrected chi connectivity index (χ1v) is 4.46. The van der Waals surface area contributed by atoms with Crippen molar-refractivity contribution in [2.45, 2.75) is 6.92 Å². The van der Waals surface area contributed by atoms with Gasteiger partial charge in [0.25, 0.3) is 0 Å². The van der Waals surface area contributed by atoms with E-state index in [-0.39, 0.29) is 0 Å². The molecule has 0 atom stereocenters. The molecule has 3 rings (SSSR count). The molecule has 2 heterocycles. The average molecular weight is 185 g/mol. The third-order valence-corrected chi connectivity index (χ3v) is 2.32. The highest BCUT2D eigenvalue weighted by molar-refractivity contribution is 5.99. The molecule has 14 heavy (non-hydrogen) atoms. The summed E-state index contributed by atoms with van der Waals surface area (Å²) in [6.07, 6.45) is 3.71. The lowest BCUT2D eigenvalue weighted by Gasteiger charge is -1.93. The van der Waals surface area contributed by atoms with E-state index in [1.54, 1.807) is 0 Å². The monoisotopic (exact) mass is 185 g/mol. The van der Waals surface area contributed by atoms with Gasteiger partial charge < -0.3 is 0 Å². The summed E-state index contributed by atoms with van der Waals surface area (Å²) in [7, 11) is 0. The van der Waals surface area contributed by atoms with Gasteiger partial charge in [-0.05, 0) is 19.1 Å². The van der Waals surface area contributed by atoms with E-state index < -0.39 is 0 Å². The summed E-state index contributed by atoms with van der Waals surface area (Å²) >= 11 is 0. The molecule has 0 aliphatic rings. The molecule has 68 valence electrons. The summed E-state index contributed by atoms with van der Waals surface area (Å²) < 4.78 is 0. The lowest BCUT2D eigenvalue weighted by molar-refractivity contribution is -0.344. The molecule has 0 spiro atoms. The number of rotatable bonds is 0. The number of H-pyrrole nitrogens is 2. The second-order valence-corrected chi connectivity index (χ2v) is 3.33. The largest absolute Gasteiger partial charge is 0.278 e. The van der Waals surface area contributed by atoms with Crippen molar-refractivity contribution >= 4 is 21.9 Å². The maximum absolute atomic E-state index is 4.43. The number of hydrogen-bond donors (Lipinski definition) is 1. The molecule has 0 aliphatic heterocycles. The average Bonchev–Trinajstić information content (AvgIpc) is 2.65. The number of aromatic nitrogens is 4. The lowest BCUT2D eigenvalue weighted by Crippen LogP contribution is -2.05. The zero-order chi connectivity index (χ0) is 9.54. The number of nitrogens with one attached hydrogen (secondary N) is 2. The second kappa shape index (κ2) is 2.51. The van der Waals surface area contributed by atoms with Crippen molar-refractivity contribution in [1.82, 2.24) is 15.2 Å². The minimum Gasteiger partial charge on any atom is -0.278 e. The Bertz CT molecular complexity index is 612. The van der Waals surface area contributed by atoms with Crippen LogP contribution < -0.4 is 4.98 Å². The van der Waals surface area contributed by atoms with Gasteiger partial charge in [0, 0.05) is 0 Å². The minimum atomic E-state index is 0.971. The Labute approximate surface area is 80.0 Å². The van der Waals surface area contributed by atoms with Crippen LogP contribution >= 0.6 is 0 Å². The molecular formula is C10H9N4+. The topological polar surface area (TPSA) is 55.7 Å². The van der Waals surface area contributed by atoms with E-state index in [1.807, 2.05) is 31.5 Å². The van der Waals surface area contributed by atoms with E-state index in [4.69, 9.17) is 0 Å². The molecule has 0 saturated heterocycles. The van der Waals surface area contributed by atoms with Crippen molar-refractivity contribution in [3.8, 4) is 0 Å². The van der Waals surface area contributed by atoms with Crippen molar-refractivity contribution in [3.05, 3.63) is 30.2 Å². The normalized spacial score (nSPS) is 11.2. The van der Waals surface area contributed by atoms with E-state index >= 15 is 0 Å². The lowest BCUT2D eigenvalue weighted by atomic mass is 10.2. The van der Waals surface area contributed by atoms with E-state index in [9.17, 15) is 0 Å². The Kier molecular flexibility index (Phi) is 1.33. The van der Waals surface area contributed by atoms with Crippen LogP contribution in [-0.4, -0.2) is 15.2 Å². The van der Waals surface area contributed by atoms with Gasteiger partial charge in [-0.25, -0.2) is 9.97 Å². The second-order valence-electron chi connectivity index (χ2n) is 3.33. The molecule has 0 fully saturated rings. The van der Waals surface area contributed by atoms with Gasteiger partial charge in [0.1, 0.15) is 11.2 Å². The Hall–Kier alpha value is -1.97. The summed E-state index contributed by atoms with van der Waals surface area (Å²) in [5.41, 5.74) is 4.01. The number of hydrogen-bond acceptors (Lipinski definition) is 2. The van der Waals surface area contributed by atoms with Crippen LogP contribution in [0.3, 0.4) is 0 Å². The van der Waals surface area contributed by atoms with Gasteiger partial charge in [0.05, 0.1) is 17.1 Å². The third kappa shape index (κ3) is 0.907. The Morgan fingerprint density at radius 3 is 3.21 bits per heavy atom. The van der Waals surface area contributed by atoms with Gasteiger partial charge in [-0.1, -0.05) is 0 Å². The fourth-order valence-corrected chi connectivity index (χ4v) is 1.65. The maximum atomic E-state index is 4.43. The smallest absolute Gasteiger partial charge is 0.240 e. The van der Waals surface area contributed by atoms with Crippen molar-refractivity contribution in [2.75, 3.05) is 0 Å². The molecule has 0 bridgehead atoms. The van der Waals surface area contributed by atoms with Crippen LogP contribution in [0.15, 0.2) is 24.5 Å². The van der Waals surface area contributed by atoms with Crippen LogP contribution in [0.4, 0.5) is 0 Å². The first-order chi connectivity index (χ1) is 6.84. The molecule has 0 amide bonds. The summed E-state index contributed by atoms with van der Waals surface area (Å²) in [6, 6.07) is 3.98. The number of aromatic amines is 2. The van der Waals surface area contributed by atoms with Crippen LogP contribution in [0.1, 0.15) is 5.69 Å². The van der Waals surface area contributed by atoms with Gasteiger partial charge in [-0.2, -0.15) is 5.10 Å². The van der Waals surface area contributed by atoms with E-state index in [1.165, 1.54) is 0 Å². The fourth-order valence-electron chi connectivity index (χ4n) is 1.65. The van der Waals surface area contributed by atoms with Gasteiger partial charge in [-0.15, -0.1) is 0 Å². The van der Waals surface area contributed by atoms with E-state index in [0.717, 1.165) is 27.6 Å². The van der Waals surface area contributed by atoms with Crippen molar-refractivity contribution in [2.24, 2.45) is 0 Å². The zero-order valence-electron chi connectivity index (χ0n) is 7.70. The quantitative estimate of drug-likeness (QED) is 0.572. The number of benzene rings is 1. The molecule has 0 radical (unpaired) electrons. The molecule has 4 heteroatoms. The first kappa shape index (κ1) is 7.44. The summed E-state index contributed by atoms with van der Waals surface area (Å²) in [4.78, 5) is 7.66. The highest BCUT2D eigenvalue weighted by atomic mass is 15.1. The molecule has 0 aliphatic carbocycles. The molecule has 0 saturated carbocycles. The summed E-state index contributed by atoms with van der Waals surface area (Å²) in [5.74, 6) is 0. The maximum Gasteiger partial charge on any atom is 0.240 e. The SMILES string of the molecule is Cc1c[nH+]c2c(ccc3[nH]ncc32)n1. The van der Waals surface area contributed by atoms with Crippen LogP contribution in [0, 0.1) is 6.92 Å². The first-order valence-electron chi connectivity index (χ1n) is 4.46. The Morgan fingerprint density at radius 2 is 2.29 bits per heavy atom. The molecular weight excluding hydrogens is 176 g/mol. The van der Waals surface area contributed by atoms with Crippen molar-refractivity contribution in [1.29, 1.82) is 0 Å². The Balaban J connectivity index is 2.57. The number of nitrogens with zero attached hydrogens (tertiary/aromatic N) is 2. The molecule has 2 N–H and O–H groups in total. The molecule has 0 unspecified atom stereocenters. The predicted octanol–water partition coefficient (Wildman–Crippen LogP) is 1.23. The van der Waals surface area contributed by atoms with Crippen molar-refractivity contribution < 1.29 is 4.98 Å². The number of aryl methyl sites for hydroxylation is 1. The standard InChI is InChI=1S/C10H8N4/c1-6-4-11-10-7-5-12-14-8(7)2-3-9(10)13-6/h2-5H,1H3,(H,12,14)/p+1. The third-order valence-electron chi connectivity index (χ3n) is 2.32. The van der Waals surface area contributed by atoms with Gasteiger partial charge >= 0.3 is 0 Å². The van der Waals surface area contributed by atoms with Crippen LogP contribution in [0.2, 0.25) is 0 Å². The summed E-state index contributed by atoms with van der Waals surface area (Å²) in [6.45, 7) is 1.97. The van der Waals surface area contributed by atoms with Gasteiger partial charge in [0.2, 0.25) is 5.52 Å². The van der Waals surface area contributed by atoms with Crippen LogP contribution in [-0.2, 0) is 0 Å². The highest BCUT2D eigenvalue weighted by Crippen LogP contribution is 2.17. The Morgan fingerprint density at radius 1 is 1.36 bits per heavy atom. The fraction of sp³-hybridized carbons (Fsp3) is 0.100. The van der Waals surface area contributed by atoms with Gasteiger partial charge in [0.15, 0.2) is 6.20 Å². The van der Waals surface area contributed by atoms with Crippen LogP contribution in [0.5, 0.6) is 0 Å².